The summed E-state index contributed by atoms with van der Waals surface area (Å²) >= 11 is 16.6. The third-order valence-electron chi connectivity index (χ3n) is 8.34. The van der Waals surface area contributed by atoms with E-state index in [1.807, 2.05) is 5.32 Å². The molecule has 18 heteroatoms. The number of allylic oxidation sites excluding steroid dienone is 3. The van der Waals surface area contributed by atoms with Crippen LogP contribution in [0, 0.1) is 11.8 Å². The Morgan fingerprint density at radius 2 is 1.75 bits per heavy atom. The van der Waals surface area contributed by atoms with E-state index in [0.29, 0.717) is 12.7 Å². The van der Waals surface area contributed by atoms with Crippen LogP contribution in [-0.4, -0.2) is 126 Å². The molecular formula is C33H47Cl3N2O13. The Balaban J connectivity index is 2.59. The lowest BCUT2D eigenvalue weighted by molar-refractivity contribution is -0.309. The molecule has 288 valence electrons. The normalized spacial score (nSPS) is 34.2. The van der Waals surface area contributed by atoms with Gasteiger partial charge in [-0.25, -0.2) is 4.79 Å². The number of ether oxygens (including phenoxy) is 6. The molecule has 0 bridgehead atoms. The molecule has 0 aromatic heterocycles. The second-order valence-electron chi connectivity index (χ2n) is 12.7. The Kier molecular flexibility index (Phi) is 18.0. The van der Waals surface area contributed by atoms with E-state index in [1.165, 1.54) is 25.0 Å². The summed E-state index contributed by atoms with van der Waals surface area (Å²) in [5.41, 5.74) is 0. The number of carbonyl (C=O) groups excluding carboxylic acids is 6. The zero-order valence-corrected chi connectivity index (χ0v) is 31.8. The molecule has 0 aromatic rings. The molecule has 15 nitrogen and oxygen atoms in total. The van der Waals surface area contributed by atoms with Crippen LogP contribution < -0.4 is 5.32 Å². The number of imide groups is 1. The molecule has 51 heavy (non-hydrogen) atoms. The summed E-state index contributed by atoms with van der Waals surface area (Å²) in [6, 6.07) is -1.02. The van der Waals surface area contributed by atoms with Crippen molar-refractivity contribution in [2.24, 2.45) is 11.8 Å². The average molecular weight is 786 g/mol. The first-order valence-electron chi connectivity index (χ1n) is 16.2. The van der Waals surface area contributed by atoms with Crippen LogP contribution >= 0.6 is 34.8 Å². The highest BCUT2D eigenvalue weighted by molar-refractivity contribution is 6.76. The number of aliphatic hydroxyl groups excluding tert-OH is 1. The second kappa shape index (κ2) is 20.6. The number of rotatable bonds is 8. The van der Waals surface area contributed by atoms with E-state index < -0.39 is 101 Å². The van der Waals surface area contributed by atoms with Crippen LogP contribution in [0.5, 0.6) is 0 Å². The smallest absolute Gasteiger partial charge is 0.414 e. The molecule has 1 fully saturated rings. The zero-order valence-electron chi connectivity index (χ0n) is 29.5. The minimum atomic E-state index is -2.46. The van der Waals surface area contributed by atoms with Gasteiger partial charge in [-0.05, 0) is 46.4 Å². The fraction of sp³-hybridized carbons (Fsp3) is 0.697. The van der Waals surface area contributed by atoms with Crippen molar-refractivity contribution in [3.63, 3.8) is 0 Å². The van der Waals surface area contributed by atoms with Crippen molar-refractivity contribution >= 4 is 70.8 Å². The largest absolute Gasteiger partial charge is 0.462 e. The van der Waals surface area contributed by atoms with Crippen molar-refractivity contribution in [1.29, 1.82) is 0 Å². The van der Waals surface area contributed by atoms with Gasteiger partial charge in [0.2, 0.25) is 0 Å². The van der Waals surface area contributed by atoms with Gasteiger partial charge in [-0.15, -0.1) is 0 Å². The number of nitrogens with zero attached hydrogens (tertiary/aromatic N) is 1. The van der Waals surface area contributed by atoms with Gasteiger partial charge in [0.05, 0.1) is 24.7 Å². The zero-order chi connectivity index (χ0) is 38.6. The summed E-state index contributed by atoms with van der Waals surface area (Å²) in [7, 11) is 4.46. The monoisotopic (exact) mass is 784 g/mol. The fourth-order valence-electron chi connectivity index (χ4n) is 5.95. The van der Waals surface area contributed by atoms with Crippen LogP contribution in [-0.2, 0) is 52.4 Å². The number of esters is 2. The second-order valence-corrected chi connectivity index (χ2v) is 14.9. The van der Waals surface area contributed by atoms with Gasteiger partial charge in [0.25, 0.3) is 9.70 Å². The number of alkyl carbamates (subject to hydrolysis) is 1. The van der Waals surface area contributed by atoms with Gasteiger partial charge in [-0.2, -0.15) is 0 Å². The average Bonchev–Trinajstić information content (AvgIpc) is 3.01. The number of hydrogen-bond acceptors (Lipinski definition) is 14. The van der Waals surface area contributed by atoms with Crippen LogP contribution in [0.25, 0.3) is 0 Å². The minimum Gasteiger partial charge on any atom is -0.462 e. The maximum absolute atomic E-state index is 13.1. The van der Waals surface area contributed by atoms with Crippen molar-refractivity contribution in [2.45, 2.75) is 112 Å². The quantitative estimate of drug-likeness (QED) is 0.158. The van der Waals surface area contributed by atoms with E-state index in [1.54, 1.807) is 46.2 Å². The van der Waals surface area contributed by atoms with Gasteiger partial charge in [0.1, 0.15) is 36.8 Å². The molecule has 2 heterocycles. The third kappa shape index (κ3) is 13.7. The number of halogens is 3. The van der Waals surface area contributed by atoms with Crippen LogP contribution in [0.1, 0.15) is 53.4 Å². The topological polar surface area (TPSA) is 193 Å². The van der Waals surface area contributed by atoms with Crippen LogP contribution in [0.15, 0.2) is 24.3 Å². The van der Waals surface area contributed by atoms with Crippen LogP contribution in [0.4, 0.5) is 4.79 Å². The molecule has 0 spiro atoms. The lowest BCUT2D eigenvalue weighted by atomic mass is 9.83. The first kappa shape index (κ1) is 44.5. The maximum Gasteiger partial charge on any atom is 0.414 e. The molecule has 0 aliphatic carbocycles. The van der Waals surface area contributed by atoms with E-state index in [2.05, 4.69) is 0 Å². The maximum atomic E-state index is 13.1. The first-order chi connectivity index (χ1) is 23.8. The molecule has 1 saturated heterocycles. The Labute approximate surface area is 312 Å². The number of nitrogens with one attached hydrogen (secondary N) is 1. The molecular weight excluding hydrogens is 739 g/mol. The predicted octanol–water partition coefficient (Wildman–Crippen LogP) is 2.98. The highest BCUT2D eigenvalue weighted by Crippen LogP contribution is 2.34. The van der Waals surface area contributed by atoms with Gasteiger partial charge in [-0.1, -0.05) is 60.0 Å². The standard InChI is InChI=1S/C33H47Cl3N2O13/c1-17-15-21(13-14-39)28(29(46-7)23(49-20(4)40)16-24(42)47-18(2)11-9-8-10-12-22(17)41)50-30-26(43)25(38(5)6)27(19(3)48-30)51-32(45)37-31(44)33(34,35)36/h8-10,12,14,17-19,21,23,25-30,43H,11,13,15-16H2,1-7H3,(H,37,44,45)/b9-8+,12-10+/t17-,18-,19-,21+,23-,25-,26-,27-,28+,29?,30+/m1/s1. The van der Waals surface area contributed by atoms with Crippen molar-refractivity contribution in [3.8, 4) is 0 Å². The molecule has 2 rings (SSSR count). The molecule has 2 aliphatic rings. The number of methoxy groups -OCH3 is 1. The number of ketones is 1. The Bertz CT molecular complexity index is 1290. The number of aliphatic hydroxyl groups is 1. The highest BCUT2D eigenvalue weighted by atomic mass is 35.6. The SMILES string of the molecule is COC1[C@@H](O[C@@H]2O[C@H](C)[C@@H](OC(=O)NC(=O)C(Cl)(Cl)Cl)[C@H](N(C)C)[C@H]2O)[C@@H](CC=O)C[C@@H](C)C(=O)/C=C/C=C/C[C@@H](C)OC(=O)C[C@H]1OC(C)=O. The Morgan fingerprint density at radius 1 is 1.08 bits per heavy atom. The first-order valence-corrected chi connectivity index (χ1v) is 17.4. The lowest BCUT2D eigenvalue weighted by Crippen LogP contribution is -2.65. The van der Waals surface area contributed by atoms with Crippen molar-refractivity contribution in [3.05, 3.63) is 24.3 Å². The highest BCUT2D eigenvalue weighted by Gasteiger charge is 2.50. The molecule has 11 atom stereocenters. The van der Waals surface area contributed by atoms with E-state index in [9.17, 15) is 33.9 Å². The van der Waals surface area contributed by atoms with Gasteiger partial charge in [0, 0.05) is 32.8 Å². The lowest BCUT2D eigenvalue weighted by Gasteiger charge is -2.47. The molecule has 0 saturated carbocycles. The Morgan fingerprint density at radius 3 is 2.31 bits per heavy atom. The third-order valence-corrected chi connectivity index (χ3v) is 8.86. The minimum absolute atomic E-state index is 0.0725. The number of cyclic esters (lactones) is 1. The Hall–Kier alpha value is -2.63. The van der Waals surface area contributed by atoms with E-state index >= 15 is 0 Å². The summed E-state index contributed by atoms with van der Waals surface area (Å²) in [6.45, 7) is 6.01. The number of hydrogen-bond donors (Lipinski definition) is 2. The van der Waals surface area contributed by atoms with E-state index in [-0.39, 0.29) is 18.6 Å². The number of likely N-dealkylation sites (N-methyl/N-ethyl adjacent to an activating group) is 1. The van der Waals surface area contributed by atoms with Crippen LogP contribution in [0.3, 0.4) is 0 Å². The van der Waals surface area contributed by atoms with Gasteiger partial charge in [0.15, 0.2) is 12.1 Å². The number of aldehydes is 1. The summed E-state index contributed by atoms with van der Waals surface area (Å²) in [5.74, 6) is -4.41. The fourth-order valence-corrected chi connectivity index (χ4v) is 6.09. The van der Waals surface area contributed by atoms with Gasteiger partial charge < -0.3 is 43.2 Å². The molecule has 2 N–H and O–H groups in total. The van der Waals surface area contributed by atoms with Crippen molar-refractivity contribution < 1.29 is 62.3 Å². The summed E-state index contributed by atoms with van der Waals surface area (Å²) in [5, 5.41) is 13.5. The summed E-state index contributed by atoms with van der Waals surface area (Å²) in [4.78, 5) is 76.8. The number of alkyl halides is 3. The van der Waals surface area contributed by atoms with Gasteiger partial charge >= 0.3 is 18.0 Å². The molecule has 2 amide bonds. The summed E-state index contributed by atoms with van der Waals surface area (Å²) < 4.78 is 32.4. The number of carbonyl (C=O) groups is 6. The predicted molar refractivity (Wildman–Crippen MR) is 184 cm³/mol. The summed E-state index contributed by atoms with van der Waals surface area (Å²) in [6.07, 6.45) is -4.17. The molecule has 0 aromatic carbocycles. The molecule has 2 aliphatic heterocycles. The van der Waals surface area contributed by atoms with E-state index in [0.717, 1.165) is 6.92 Å². The van der Waals surface area contributed by atoms with Crippen LogP contribution in [0.2, 0.25) is 0 Å². The van der Waals surface area contributed by atoms with Gasteiger partial charge in [-0.3, -0.25) is 24.5 Å². The molecule has 0 radical (unpaired) electrons. The number of amides is 2. The van der Waals surface area contributed by atoms with Crippen molar-refractivity contribution in [1.82, 2.24) is 10.2 Å². The molecule has 1 unspecified atom stereocenters. The van der Waals surface area contributed by atoms with E-state index in [4.69, 9.17) is 63.2 Å². The van der Waals surface area contributed by atoms with Crippen molar-refractivity contribution in [2.75, 3.05) is 21.2 Å².